The molecule has 2 rings (SSSR count). The number of carbonyl (C=O) groups excluding carboxylic acids is 3. The minimum atomic E-state index is -1.05. The zero-order valence-corrected chi connectivity index (χ0v) is 13.6. The lowest BCUT2D eigenvalue weighted by molar-refractivity contribution is -0.141. The van der Waals surface area contributed by atoms with Gasteiger partial charge in [0.1, 0.15) is 6.04 Å². The van der Waals surface area contributed by atoms with Crippen LogP contribution in [-0.2, 0) is 20.8 Å². The number of likely N-dealkylation sites (tertiary alicyclic amines) is 1. The topological polar surface area (TPSA) is 104 Å². The van der Waals surface area contributed by atoms with E-state index in [4.69, 9.17) is 5.11 Å². The molecule has 0 aromatic heterocycles. The summed E-state index contributed by atoms with van der Waals surface area (Å²) in [5, 5.41) is 11.7. The first-order valence-electron chi connectivity index (χ1n) is 7.77. The Bertz CT molecular complexity index is 683. The molecule has 0 spiro atoms. The Morgan fingerprint density at radius 3 is 2.54 bits per heavy atom. The van der Waals surface area contributed by atoms with Crippen molar-refractivity contribution in [1.82, 2.24) is 10.2 Å². The lowest BCUT2D eigenvalue weighted by atomic mass is 10.0. The number of aryl methyl sites for hydroxylation is 1. The largest absolute Gasteiger partial charge is 0.478 e. The highest BCUT2D eigenvalue weighted by Gasteiger charge is 2.40. The van der Waals surface area contributed by atoms with Gasteiger partial charge in [0.25, 0.3) is 5.91 Å². The van der Waals surface area contributed by atoms with E-state index in [1.807, 2.05) is 0 Å². The Morgan fingerprint density at radius 2 is 1.96 bits per heavy atom. The molecule has 1 aliphatic rings. The molecule has 1 aromatic carbocycles. The third-order valence-corrected chi connectivity index (χ3v) is 3.90. The van der Waals surface area contributed by atoms with Crippen molar-refractivity contribution in [2.24, 2.45) is 0 Å². The zero-order chi connectivity index (χ0) is 17.9. The third kappa shape index (κ3) is 3.79. The first-order valence-corrected chi connectivity index (χ1v) is 7.77. The van der Waals surface area contributed by atoms with Crippen molar-refractivity contribution in [3.05, 3.63) is 35.4 Å². The quantitative estimate of drug-likeness (QED) is 0.756. The van der Waals surface area contributed by atoms with Crippen LogP contribution in [0.2, 0.25) is 0 Å². The fourth-order valence-corrected chi connectivity index (χ4v) is 2.77. The van der Waals surface area contributed by atoms with Gasteiger partial charge in [0, 0.05) is 12.5 Å². The van der Waals surface area contributed by atoms with E-state index in [2.05, 4.69) is 5.32 Å². The molecule has 128 valence electrons. The van der Waals surface area contributed by atoms with Crippen LogP contribution in [-0.4, -0.2) is 45.8 Å². The molecule has 7 nitrogen and oxygen atoms in total. The highest BCUT2D eigenvalue weighted by Crippen LogP contribution is 2.17. The van der Waals surface area contributed by atoms with Crippen molar-refractivity contribution in [3.8, 4) is 0 Å². The van der Waals surface area contributed by atoms with Gasteiger partial charge in [-0.05, 0) is 31.9 Å². The Kier molecular flexibility index (Phi) is 5.33. The summed E-state index contributed by atoms with van der Waals surface area (Å²) in [6.45, 7) is 3.48. The fourth-order valence-electron chi connectivity index (χ4n) is 2.77. The van der Waals surface area contributed by atoms with E-state index in [0.29, 0.717) is 5.56 Å². The summed E-state index contributed by atoms with van der Waals surface area (Å²) in [5.41, 5.74) is 0.709. The Labute approximate surface area is 139 Å². The molecule has 1 unspecified atom stereocenters. The summed E-state index contributed by atoms with van der Waals surface area (Å²) >= 11 is 0. The zero-order valence-electron chi connectivity index (χ0n) is 13.6. The standard InChI is InChI=1S/C17H20N2O5/c1-10(2)19-15(21)9-13(16(19)22)18-14(20)8-7-11-5-3-4-6-12(11)17(23)24/h3-6,10,13H,7-9H2,1-2H3,(H,18,20)(H,23,24). The van der Waals surface area contributed by atoms with Gasteiger partial charge >= 0.3 is 5.97 Å². The maximum atomic E-state index is 12.1. The number of hydrogen-bond acceptors (Lipinski definition) is 4. The Hall–Kier alpha value is -2.70. The predicted octanol–water partition coefficient (Wildman–Crippen LogP) is 0.969. The number of nitrogens with one attached hydrogen (secondary N) is 1. The van der Waals surface area contributed by atoms with Crippen molar-refractivity contribution in [3.63, 3.8) is 0 Å². The highest BCUT2D eigenvalue weighted by molar-refractivity contribution is 6.07. The molecular formula is C17H20N2O5. The third-order valence-electron chi connectivity index (χ3n) is 3.90. The first kappa shape index (κ1) is 17.7. The fraction of sp³-hybridized carbons (Fsp3) is 0.412. The molecule has 1 atom stereocenters. The number of carbonyl (C=O) groups is 4. The van der Waals surface area contributed by atoms with E-state index in [-0.39, 0.29) is 42.7 Å². The van der Waals surface area contributed by atoms with Crippen LogP contribution < -0.4 is 5.32 Å². The summed E-state index contributed by atoms with van der Waals surface area (Å²) in [6.07, 6.45) is 0.259. The number of amides is 3. The van der Waals surface area contributed by atoms with Gasteiger partial charge in [-0.25, -0.2) is 4.79 Å². The molecule has 7 heteroatoms. The minimum Gasteiger partial charge on any atom is -0.478 e. The van der Waals surface area contributed by atoms with E-state index < -0.39 is 17.9 Å². The van der Waals surface area contributed by atoms with Crippen LogP contribution >= 0.6 is 0 Å². The molecule has 0 radical (unpaired) electrons. The lowest BCUT2D eigenvalue weighted by Gasteiger charge is -2.19. The summed E-state index contributed by atoms with van der Waals surface area (Å²) in [6, 6.07) is 5.39. The molecule has 1 aliphatic heterocycles. The smallest absolute Gasteiger partial charge is 0.335 e. The van der Waals surface area contributed by atoms with E-state index in [1.54, 1.807) is 32.0 Å². The molecule has 1 saturated heterocycles. The molecule has 0 aliphatic carbocycles. The van der Waals surface area contributed by atoms with Crippen LogP contribution in [0.5, 0.6) is 0 Å². The monoisotopic (exact) mass is 332 g/mol. The molecule has 1 fully saturated rings. The summed E-state index contributed by atoms with van der Waals surface area (Å²) in [4.78, 5) is 48.3. The molecule has 3 amide bonds. The normalized spacial score (nSPS) is 17.5. The first-order chi connectivity index (χ1) is 11.3. The van der Waals surface area contributed by atoms with Gasteiger partial charge in [-0.3, -0.25) is 19.3 Å². The second kappa shape index (κ2) is 7.25. The summed E-state index contributed by atoms with van der Waals surface area (Å²) < 4.78 is 0. The number of carboxylic acids is 1. The van der Waals surface area contributed by atoms with Crippen molar-refractivity contribution in [1.29, 1.82) is 0 Å². The van der Waals surface area contributed by atoms with E-state index in [1.165, 1.54) is 6.07 Å². The van der Waals surface area contributed by atoms with Crippen LogP contribution in [0.3, 0.4) is 0 Å². The van der Waals surface area contributed by atoms with Gasteiger partial charge in [-0.2, -0.15) is 0 Å². The average Bonchev–Trinajstić information content (AvgIpc) is 2.79. The molecule has 1 heterocycles. The summed E-state index contributed by atoms with van der Waals surface area (Å²) in [5.74, 6) is -2.12. The second-order valence-corrected chi connectivity index (χ2v) is 5.98. The van der Waals surface area contributed by atoms with Gasteiger partial charge in [-0.1, -0.05) is 18.2 Å². The highest BCUT2D eigenvalue weighted by atomic mass is 16.4. The molecule has 0 saturated carbocycles. The van der Waals surface area contributed by atoms with Gasteiger partial charge in [0.05, 0.1) is 12.0 Å². The van der Waals surface area contributed by atoms with Crippen LogP contribution in [0, 0.1) is 0 Å². The number of aromatic carboxylic acids is 1. The molecule has 2 N–H and O–H groups in total. The van der Waals surface area contributed by atoms with Gasteiger partial charge < -0.3 is 10.4 Å². The van der Waals surface area contributed by atoms with Crippen molar-refractivity contribution < 1.29 is 24.3 Å². The number of benzene rings is 1. The predicted molar refractivity (Wildman–Crippen MR) is 85.3 cm³/mol. The number of carboxylic acid groups (broad SMARTS) is 1. The SMILES string of the molecule is CC(C)N1C(=O)CC(NC(=O)CCc2ccccc2C(=O)O)C1=O. The summed E-state index contributed by atoms with van der Waals surface area (Å²) in [7, 11) is 0. The molecule has 1 aromatic rings. The molecular weight excluding hydrogens is 312 g/mol. The minimum absolute atomic E-state index is 0.0333. The van der Waals surface area contributed by atoms with E-state index >= 15 is 0 Å². The van der Waals surface area contributed by atoms with Crippen molar-refractivity contribution in [2.45, 2.75) is 45.2 Å². The van der Waals surface area contributed by atoms with Crippen LogP contribution in [0.25, 0.3) is 0 Å². The second-order valence-electron chi connectivity index (χ2n) is 5.98. The Balaban J connectivity index is 1.94. The average molecular weight is 332 g/mol. The maximum Gasteiger partial charge on any atom is 0.335 e. The van der Waals surface area contributed by atoms with E-state index in [0.717, 1.165) is 4.90 Å². The van der Waals surface area contributed by atoms with Gasteiger partial charge in [0.15, 0.2) is 0 Å². The number of hydrogen-bond donors (Lipinski definition) is 2. The van der Waals surface area contributed by atoms with Crippen LogP contribution in [0.1, 0.15) is 42.6 Å². The van der Waals surface area contributed by atoms with Crippen molar-refractivity contribution >= 4 is 23.7 Å². The van der Waals surface area contributed by atoms with Crippen LogP contribution in [0.4, 0.5) is 0 Å². The molecule has 24 heavy (non-hydrogen) atoms. The van der Waals surface area contributed by atoms with Gasteiger partial charge in [0.2, 0.25) is 11.8 Å². The number of imide groups is 1. The molecule has 0 bridgehead atoms. The van der Waals surface area contributed by atoms with Crippen molar-refractivity contribution in [2.75, 3.05) is 0 Å². The van der Waals surface area contributed by atoms with E-state index in [9.17, 15) is 19.2 Å². The van der Waals surface area contributed by atoms with Gasteiger partial charge in [-0.15, -0.1) is 0 Å². The number of nitrogens with zero attached hydrogens (tertiary/aromatic N) is 1. The lowest BCUT2D eigenvalue weighted by Crippen LogP contribution is -2.43. The van der Waals surface area contributed by atoms with Crippen LogP contribution in [0.15, 0.2) is 24.3 Å². The Morgan fingerprint density at radius 1 is 1.29 bits per heavy atom. The maximum absolute atomic E-state index is 12.1. The number of rotatable bonds is 6.